The molecule has 1 heterocycles. The number of amides is 2. The molecule has 0 saturated heterocycles. The Balaban J connectivity index is 3.14. The van der Waals surface area contributed by atoms with E-state index in [1.165, 1.54) is 0 Å². The Labute approximate surface area is 113 Å². The number of halogens is 1. The van der Waals surface area contributed by atoms with Crippen LogP contribution in [0.4, 0.5) is 0 Å². The number of hydrogen-bond donors (Lipinski definition) is 2. The number of carbonyl (C=O) groups excluding carboxylic acids is 2. The van der Waals surface area contributed by atoms with Gasteiger partial charge in [0.25, 0.3) is 0 Å². The van der Waals surface area contributed by atoms with Crippen molar-refractivity contribution in [3.05, 3.63) is 17.7 Å². The van der Waals surface area contributed by atoms with E-state index < -0.39 is 34.9 Å². The van der Waals surface area contributed by atoms with Gasteiger partial charge in [-0.2, -0.15) is 4.31 Å². The van der Waals surface area contributed by atoms with Crippen molar-refractivity contribution < 1.29 is 18.0 Å². The number of aromatic nitrogens is 2. The summed E-state index contributed by atoms with van der Waals surface area (Å²) >= 11 is 5.43. The first-order valence-electron chi connectivity index (χ1n) is 4.78. The van der Waals surface area contributed by atoms with Gasteiger partial charge in [-0.1, -0.05) is 0 Å². The SMILES string of the molecule is NC(=O)CN(CC(N)=O)S(=O)(=O)c1cnc(Cl)nc1. The Morgan fingerprint density at radius 2 is 1.58 bits per heavy atom. The Hall–Kier alpha value is -1.78. The topological polar surface area (TPSA) is 149 Å². The van der Waals surface area contributed by atoms with E-state index in [1.54, 1.807) is 0 Å². The van der Waals surface area contributed by atoms with E-state index >= 15 is 0 Å². The van der Waals surface area contributed by atoms with Gasteiger partial charge in [-0.15, -0.1) is 0 Å². The van der Waals surface area contributed by atoms with Crippen molar-refractivity contribution in [2.45, 2.75) is 4.90 Å². The van der Waals surface area contributed by atoms with Crippen molar-refractivity contribution in [3.8, 4) is 0 Å². The summed E-state index contributed by atoms with van der Waals surface area (Å²) < 4.78 is 24.7. The Morgan fingerprint density at radius 1 is 1.16 bits per heavy atom. The molecule has 4 N–H and O–H groups in total. The number of sulfonamides is 1. The van der Waals surface area contributed by atoms with Crippen molar-refractivity contribution in [2.24, 2.45) is 11.5 Å². The molecule has 0 aliphatic rings. The van der Waals surface area contributed by atoms with Gasteiger partial charge in [0.05, 0.1) is 25.5 Å². The van der Waals surface area contributed by atoms with Gasteiger partial charge in [0.1, 0.15) is 4.90 Å². The zero-order valence-corrected chi connectivity index (χ0v) is 11.1. The highest BCUT2D eigenvalue weighted by Gasteiger charge is 2.28. The molecule has 9 nitrogen and oxygen atoms in total. The molecule has 0 saturated carbocycles. The quantitative estimate of drug-likeness (QED) is 0.585. The zero-order valence-electron chi connectivity index (χ0n) is 9.48. The summed E-state index contributed by atoms with van der Waals surface area (Å²) in [5, 5.41) is -0.143. The fourth-order valence-electron chi connectivity index (χ4n) is 1.16. The van der Waals surface area contributed by atoms with Crippen LogP contribution in [0.1, 0.15) is 0 Å². The summed E-state index contributed by atoms with van der Waals surface area (Å²) in [5.74, 6) is -1.86. The Morgan fingerprint density at radius 3 is 1.95 bits per heavy atom. The van der Waals surface area contributed by atoms with E-state index in [0.29, 0.717) is 4.31 Å². The smallest absolute Gasteiger partial charge is 0.247 e. The van der Waals surface area contributed by atoms with Gasteiger partial charge in [0, 0.05) is 0 Å². The molecule has 0 aliphatic heterocycles. The van der Waals surface area contributed by atoms with Gasteiger partial charge in [0.15, 0.2) is 0 Å². The van der Waals surface area contributed by atoms with Crippen LogP contribution in [-0.4, -0.2) is 47.6 Å². The van der Waals surface area contributed by atoms with Crippen molar-refractivity contribution in [3.63, 3.8) is 0 Å². The molecule has 0 aliphatic carbocycles. The molecule has 0 bridgehead atoms. The summed E-state index contributed by atoms with van der Waals surface area (Å²) in [6.07, 6.45) is 1.89. The van der Waals surface area contributed by atoms with Crippen LogP contribution in [0, 0.1) is 0 Å². The second kappa shape index (κ2) is 5.91. The molecule has 2 amide bonds. The van der Waals surface area contributed by atoms with Crippen LogP contribution in [0.3, 0.4) is 0 Å². The van der Waals surface area contributed by atoms with Crippen molar-refractivity contribution in [1.82, 2.24) is 14.3 Å². The maximum Gasteiger partial charge on any atom is 0.247 e. The predicted octanol–water partition coefficient (Wildman–Crippen LogP) is -1.91. The van der Waals surface area contributed by atoms with Crippen molar-refractivity contribution >= 4 is 33.4 Å². The van der Waals surface area contributed by atoms with Gasteiger partial charge in [-0.25, -0.2) is 18.4 Å². The van der Waals surface area contributed by atoms with Crippen LogP contribution in [-0.2, 0) is 19.6 Å². The summed E-state index contributed by atoms with van der Waals surface area (Å²) in [6, 6.07) is 0. The second-order valence-electron chi connectivity index (χ2n) is 3.39. The van der Waals surface area contributed by atoms with Gasteiger partial charge in [-0.05, 0) is 11.6 Å². The lowest BCUT2D eigenvalue weighted by Crippen LogP contribution is -2.43. The molecular formula is C8H10ClN5O4S. The van der Waals surface area contributed by atoms with Crippen LogP contribution in [0.2, 0.25) is 5.28 Å². The molecular weight excluding hydrogens is 298 g/mol. The first-order chi connectivity index (χ1) is 8.73. The van der Waals surface area contributed by atoms with Gasteiger partial charge in [0.2, 0.25) is 27.1 Å². The first kappa shape index (κ1) is 15.3. The molecule has 0 fully saturated rings. The highest BCUT2D eigenvalue weighted by atomic mass is 35.5. The third-order valence-corrected chi connectivity index (χ3v) is 3.84. The maximum absolute atomic E-state index is 12.1. The summed E-state index contributed by atoms with van der Waals surface area (Å²) in [7, 11) is -4.16. The minimum atomic E-state index is -4.16. The molecule has 1 aromatic rings. The monoisotopic (exact) mass is 307 g/mol. The average Bonchev–Trinajstić information content (AvgIpc) is 2.27. The Bertz CT molecular complexity index is 572. The molecule has 104 valence electrons. The fourth-order valence-corrected chi connectivity index (χ4v) is 2.52. The molecule has 1 rings (SSSR count). The lowest BCUT2D eigenvalue weighted by molar-refractivity contribution is -0.120. The standard InChI is InChI=1S/C8H10ClN5O4S/c9-8-12-1-5(2-13-8)19(17,18)14(3-6(10)15)4-7(11)16/h1-2H,3-4H2,(H2,10,15)(H2,11,16). The summed E-state index contributed by atoms with van der Waals surface area (Å²) in [4.78, 5) is 28.3. The molecule has 0 atom stereocenters. The van der Waals surface area contributed by atoms with Gasteiger partial charge < -0.3 is 11.5 Å². The van der Waals surface area contributed by atoms with E-state index in [1.807, 2.05) is 0 Å². The average molecular weight is 308 g/mol. The fraction of sp³-hybridized carbons (Fsp3) is 0.250. The van der Waals surface area contributed by atoms with E-state index in [9.17, 15) is 18.0 Å². The second-order valence-corrected chi connectivity index (χ2v) is 5.67. The number of rotatable bonds is 6. The number of primary amides is 2. The number of nitrogens with zero attached hydrogens (tertiary/aromatic N) is 3. The van der Waals surface area contributed by atoms with Gasteiger partial charge >= 0.3 is 0 Å². The number of hydrogen-bond acceptors (Lipinski definition) is 6. The minimum Gasteiger partial charge on any atom is -0.369 e. The minimum absolute atomic E-state index is 0.143. The number of carbonyl (C=O) groups is 2. The maximum atomic E-state index is 12.1. The van der Waals surface area contributed by atoms with Crippen LogP contribution >= 0.6 is 11.6 Å². The first-order valence-corrected chi connectivity index (χ1v) is 6.59. The van der Waals surface area contributed by atoms with E-state index in [0.717, 1.165) is 12.4 Å². The largest absolute Gasteiger partial charge is 0.369 e. The molecule has 0 aromatic carbocycles. The third kappa shape index (κ3) is 4.12. The molecule has 0 unspecified atom stereocenters. The van der Waals surface area contributed by atoms with Crippen LogP contribution < -0.4 is 11.5 Å². The van der Waals surface area contributed by atoms with E-state index in [-0.39, 0.29) is 10.2 Å². The molecule has 19 heavy (non-hydrogen) atoms. The lowest BCUT2D eigenvalue weighted by atomic mass is 10.5. The van der Waals surface area contributed by atoms with Crippen LogP contribution in [0.15, 0.2) is 17.3 Å². The van der Waals surface area contributed by atoms with E-state index in [2.05, 4.69) is 9.97 Å². The number of nitrogens with two attached hydrogens (primary N) is 2. The van der Waals surface area contributed by atoms with Crippen molar-refractivity contribution in [2.75, 3.05) is 13.1 Å². The van der Waals surface area contributed by atoms with Crippen LogP contribution in [0.25, 0.3) is 0 Å². The molecule has 1 aromatic heterocycles. The zero-order chi connectivity index (χ0) is 14.6. The van der Waals surface area contributed by atoms with E-state index in [4.69, 9.17) is 23.1 Å². The Kier molecular flexibility index (Phi) is 4.75. The predicted molar refractivity (Wildman–Crippen MR) is 64.2 cm³/mol. The molecule has 0 spiro atoms. The normalized spacial score (nSPS) is 11.5. The highest BCUT2D eigenvalue weighted by molar-refractivity contribution is 7.89. The molecule has 0 radical (unpaired) electrons. The third-order valence-electron chi connectivity index (χ3n) is 1.90. The lowest BCUT2D eigenvalue weighted by Gasteiger charge is -2.18. The van der Waals surface area contributed by atoms with Gasteiger partial charge in [-0.3, -0.25) is 9.59 Å². The van der Waals surface area contributed by atoms with Crippen LogP contribution in [0.5, 0.6) is 0 Å². The molecule has 11 heteroatoms. The van der Waals surface area contributed by atoms with Crippen molar-refractivity contribution in [1.29, 1.82) is 0 Å². The summed E-state index contributed by atoms with van der Waals surface area (Å²) in [5.41, 5.74) is 9.84. The highest BCUT2D eigenvalue weighted by Crippen LogP contribution is 2.14. The summed E-state index contributed by atoms with van der Waals surface area (Å²) in [6.45, 7) is -1.37.